The van der Waals surface area contributed by atoms with Crippen molar-refractivity contribution in [1.29, 1.82) is 0 Å². The highest BCUT2D eigenvalue weighted by molar-refractivity contribution is 5.88. The highest BCUT2D eigenvalue weighted by atomic mass is 19.1. The van der Waals surface area contributed by atoms with Gasteiger partial charge in [-0.1, -0.05) is 6.07 Å². The van der Waals surface area contributed by atoms with Crippen LogP contribution in [-0.2, 0) is 0 Å². The van der Waals surface area contributed by atoms with E-state index in [2.05, 4.69) is 4.98 Å². The Morgan fingerprint density at radius 2 is 2.16 bits per heavy atom. The number of rotatable bonds is 3. The van der Waals surface area contributed by atoms with Gasteiger partial charge in [-0.25, -0.2) is 14.2 Å². The predicted molar refractivity (Wildman–Crippen MR) is 66.8 cm³/mol. The highest BCUT2D eigenvalue weighted by Crippen LogP contribution is 2.26. The summed E-state index contributed by atoms with van der Waals surface area (Å²) < 4.78 is 18.7. The monoisotopic (exact) mass is 262 g/mol. The molecule has 0 atom stereocenters. The standard InChI is InChI=1S/C13H11FN2O3/c1-7-2-3-9(5-10(7)14)19-12-11(15)4-8(6-16-12)13(17)18/h2-6H,15H2,1H3,(H,17,18). The summed E-state index contributed by atoms with van der Waals surface area (Å²) >= 11 is 0. The van der Waals surface area contributed by atoms with Crippen molar-refractivity contribution in [3.63, 3.8) is 0 Å². The molecule has 2 aromatic rings. The van der Waals surface area contributed by atoms with E-state index < -0.39 is 11.8 Å². The minimum atomic E-state index is -1.13. The predicted octanol–water partition coefficient (Wildman–Crippen LogP) is 2.60. The molecule has 5 nitrogen and oxygen atoms in total. The molecule has 0 radical (unpaired) electrons. The lowest BCUT2D eigenvalue weighted by atomic mass is 10.2. The SMILES string of the molecule is Cc1ccc(Oc2ncc(C(=O)O)cc2N)cc1F. The number of carbonyl (C=O) groups is 1. The number of halogens is 1. The average Bonchev–Trinajstić information content (AvgIpc) is 2.36. The van der Waals surface area contributed by atoms with E-state index in [1.54, 1.807) is 19.1 Å². The molecule has 0 aliphatic carbocycles. The van der Waals surface area contributed by atoms with E-state index >= 15 is 0 Å². The van der Waals surface area contributed by atoms with Gasteiger partial charge in [-0.3, -0.25) is 0 Å². The minimum absolute atomic E-state index is 0.0354. The van der Waals surface area contributed by atoms with Crippen LogP contribution in [0.5, 0.6) is 11.6 Å². The summed E-state index contributed by atoms with van der Waals surface area (Å²) in [6, 6.07) is 5.58. The Hall–Kier alpha value is -2.63. The molecule has 98 valence electrons. The van der Waals surface area contributed by atoms with E-state index in [9.17, 15) is 9.18 Å². The van der Waals surface area contributed by atoms with Crippen molar-refractivity contribution in [1.82, 2.24) is 4.98 Å². The fraction of sp³-hybridized carbons (Fsp3) is 0.0769. The van der Waals surface area contributed by atoms with Gasteiger partial charge in [-0.15, -0.1) is 0 Å². The van der Waals surface area contributed by atoms with Crippen LogP contribution in [0.4, 0.5) is 10.1 Å². The van der Waals surface area contributed by atoms with E-state index in [1.807, 2.05) is 0 Å². The third kappa shape index (κ3) is 2.79. The maximum atomic E-state index is 13.3. The molecular formula is C13H11FN2O3. The summed E-state index contributed by atoms with van der Waals surface area (Å²) in [5.41, 5.74) is 6.15. The molecule has 19 heavy (non-hydrogen) atoms. The maximum absolute atomic E-state index is 13.3. The summed E-state index contributed by atoms with van der Waals surface area (Å²) in [5, 5.41) is 8.77. The second-order valence-electron chi connectivity index (χ2n) is 3.94. The Bertz CT molecular complexity index is 644. The molecule has 0 unspecified atom stereocenters. The number of pyridine rings is 1. The van der Waals surface area contributed by atoms with Crippen LogP contribution in [0.25, 0.3) is 0 Å². The first-order chi connectivity index (χ1) is 8.97. The number of nitrogens with zero attached hydrogens (tertiary/aromatic N) is 1. The van der Waals surface area contributed by atoms with Gasteiger partial charge in [0, 0.05) is 12.3 Å². The molecule has 0 aliphatic heterocycles. The fourth-order valence-electron chi connectivity index (χ4n) is 1.42. The molecule has 0 aliphatic rings. The van der Waals surface area contributed by atoms with Crippen LogP contribution in [0.1, 0.15) is 15.9 Å². The molecule has 0 saturated heterocycles. The highest BCUT2D eigenvalue weighted by Gasteiger charge is 2.10. The Labute approximate surface area is 108 Å². The topological polar surface area (TPSA) is 85.4 Å². The van der Waals surface area contributed by atoms with Crippen LogP contribution in [0.15, 0.2) is 30.5 Å². The first-order valence-corrected chi connectivity index (χ1v) is 5.40. The lowest BCUT2D eigenvalue weighted by Crippen LogP contribution is -2.02. The second-order valence-corrected chi connectivity index (χ2v) is 3.94. The Morgan fingerprint density at radius 1 is 1.42 bits per heavy atom. The zero-order chi connectivity index (χ0) is 14.0. The zero-order valence-corrected chi connectivity index (χ0v) is 10.1. The third-order valence-corrected chi connectivity index (χ3v) is 2.48. The average molecular weight is 262 g/mol. The summed E-state index contributed by atoms with van der Waals surface area (Å²) in [4.78, 5) is 14.5. The number of carboxylic acids is 1. The second kappa shape index (κ2) is 4.93. The molecule has 1 heterocycles. The number of nitrogen functional groups attached to an aromatic ring is 1. The number of benzene rings is 1. The van der Waals surface area contributed by atoms with Crippen molar-refractivity contribution in [3.05, 3.63) is 47.4 Å². The van der Waals surface area contributed by atoms with Crippen LogP contribution in [-0.4, -0.2) is 16.1 Å². The van der Waals surface area contributed by atoms with Crippen LogP contribution < -0.4 is 10.5 Å². The zero-order valence-electron chi connectivity index (χ0n) is 10.1. The van der Waals surface area contributed by atoms with Crippen molar-refractivity contribution in [3.8, 4) is 11.6 Å². The third-order valence-electron chi connectivity index (χ3n) is 2.48. The molecule has 0 spiro atoms. The van der Waals surface area contributed by atoms with Gasteiger partial charge in [0.2, 0.25) is 5.88 Å². The normalized spacial score (nSPS) is 10.2. The Kier molecular flexibility index (Phi) is 3.33. The number of aryl methyl sites for hydroxylation is 1. The molecule has 0 amide bonds. The number of aromatic carboxylic acids is 1. The van der Waals surface area contributed by atoms with E-state index in [-0.39, 0.29) is 22.9 Å². The molecule has 1 aromatic heterocycles. The van der Waals surface area contributed by atoms with E-state index in [0.717, 1.165) is 6.20 Å². The summed E-state index contributed by atoms with van der Waals surface area (Å²) in [6.45, 7) is 1.63. The quantitative estimate of drug-likeness (QED) is 0.888. The summed E-state index contributed by atoms with van der Waals surface area (Å²) in [7, 11) is 0. The molecule has 0 fully saturated rings. The number of aromatic nitrogens is 1. The van der Waals surface area contributed by atoms with Gasteiger partial charge in [-0.2, -0.15) is 0 Å². The molecule has 3 N–H and O–H groups in total. The van der Waals surface area contributed by atoms with Gasteiger partial charge in [0.25, 0.3) is 0 Å². The molecule has 0 bridgehead atoms. The van der Waals surface area contributed by atoms with Crippen molar-refractivity contribution >= 4 is 11.7 Å². The molecule has 0 saturated carbocycles. The lowest BCUT2D eigenvalue weighted by Gasteiger charge is -2.08. The van der Waals surface area contributed by atoms with Gasteiger partial charge in [0.15, 0.2) is 0 Å². The fourth-order valence-corrected chi connectivity index (χ4v) is 1.42. The Balaban J connectivity index is 2.28. The van der Waals surface area contributed by atoms with Crippen LogP contribution >= 0.6 is 0 Å². The number of hydrogen-bond acceptors (Lipinski definition) is 4. The summed E-state index contributed by atoms with van der Waals surface area (Å²) in [5.74, 6) is -1.26. The first kappa shape index (κ1) is 12.8. The van der Waals surface area contributed by atoms with Gasteiger partial charge < -0.3 is 15.6 Å². The van der Waals surface area contributed by atoms with Crippen molar-refractivity contribution in [2.45, 2.75) is 6.92 Å². The van der Waals surface area contributed by atoms with Crippen LogP contribution in [0.3, 0.4) is 0 Å². The van der Waals surface area contributed by atoms with Crippen molar-refractivity contribution in [2.75, 3.05) is 5.73 Å². The van der Waals surface area contributed by atoms with Crippen LogP contribution in [0.2, 0.25) is 0 Å². The Morgan fingerprint density at radius 3 is 2.74 bits per heavy atom. The van der Waals surface area contributed by atoms with E-state index in [1.165, 1.54) is 12.1 Å². The van der Waals surface area contributed by atoms with Crippen molar-refractivity contribution < 1.29 is 19.0 Å². The van der Waals surface area contributed by atoms with Gasteiger partial charge in [0.1, 0.15) is 11.6 Å². The van der Waals surface area contributed by atoms with E-state index in [4.69, 9.17) is 15.6 Å². The number of anilines is 1. The van der Waals surface area contributed by atoms with Gasteiger partial charge in [-0.05, 0) is 24.6 Å². The van der Waals surface area contributed by atoms with Gasteiger partial charge >= 0.3 is 5.97 Å². The lowest BCUT2D eigenvalue weighted by molar-refractivity contribution is 0.0696. The van der Waals surface area contributed by atoms with Crippen molar-refractivity contribution in [2.24, 2.45) is 0 Å². The number of nitrogens with two attached hydrogens (primary N) is 1. The smallest absolute Gasteiger partial charge is 0.337 e. The molecular weight excluding hydrogens is 251 g/mol. The number of carboxylic acid groups (broad SMARTS) is 1. The molecule has 2 rings (SSSR count). The van der Waals surface area contributed by atoms with Crippen LogP contribution in [0, 0.1) is 12.7 Å². The largest absolute Gasteiger partial charge is 0.478 e. The van der Waals surface area contributed by atoms with E-state index in [0.29, 0.717) is 5.56 Å². The summed E-state index contributed by atoms with van der Waals surface area (Å²) in [6.07, 6.45) is 1.12. The minimum Gasteiger partial charge on any atom is -0.478 e. The maximum Gasteiger partial charge on any atom is 0.337 e. The first-order valence-electron chi connectivity index (χ1n) is 5.40. The number of hydrogen-bond donors (Lipinski definition) is 2. The molecule has 1 aromatic carbocycles. The molecule has 6 heteroatoms. The van der Waals surface area contributed by atoms with Gasteiger partial charge in [0.05, 0.1) is 11.3 Å². The number of ether oxygens (including phenoxy) is 1.